The molecule has 0 aromatic rings. The molecule has 0 bridgehead atoms. The summed E-state index contributed by atoms with van der Waals surface area (Å²) in [5, 5.41) is 0. The molecule has 0 saturated heterocycles. The highest BCUT2D eigenvalue weighted by Gasteiger charge is 2.20. The number of nitrogens with zero attached hydrogens (tertiary/aromatic N) is 1. The second-order valence-corrected chi connectivity index (χ2v) is 5.10. The van der Waals surface area contributed by atoms with E-state index in [0.717, 1.165) is 0 Å². The Morgan fingerprint density at radius 2 is 1.50 bits per heavy atom. The largest absolute Gasteiger partial charge is 0.383 e. The standard InChI is InChI=1S/C12H25NO3/c1-12(2,3)10-11(14)13(6-8-15-4)7-9-16-5/h6-10H2,1-5H3. The van der Waals surface area contributed by atoms with Crippen LogP contribution in [0.25, 0.3) is 0 Å². The number of methoxy groups -OCH3 is 2. The fourth-order valence-corrected chi connectivity index (χ4v) is 1.33. The van der Waals surface area contributed by atoms with Crippen molar-refractivity contribution in [1.82, 2.24) is 4.90 Å². The van der Waals surface area contributed by atoms with Crippen LogP contribution in [0.5, 0.6) is 0 Å². The molecule has 0 N–H and O–H groups in total. The molecule has 0 aromatic heterocycles. The van der Waals surface area contributed by atoms with Crippen molar-refractivity contribution in [3.63, 3.8) is 0 Å². The van der Waals surface area contributed by atoms with Gasteiger partial charge in [0.05, 0.1) is 13.2 Å². The Bertz CT molecular complexity index is 191. The Balaban J connectivity index is 4.19. The number of ether oxygens (including phenoxy) is 2. The fourth-order valence-electron chi connectivity index (χ4n) is 1.33. The molecule has 0 unspecified atom stereocenters. The van der Waals surface area contributed by atoms with E-state index in [1.165, 1.54) is 0 Å². The molecule has 4 nitrogen and oxygen atoms in total. The van der Waals surface area contributed by atoms with E-state index in [1.807, 2.05) is 0 Å². The SMILES string of the molecule is COCCN(CCOC)C(=O)CC(C)(C)C. The van der Waals surface area contributed by atoms with Crippen LogP contribution in [0.4, 0.5) is 0 Å². The second-order valence-electron chi connectivity index (χ2n) is 5.10. The first-order valence-corrected chi connectivity index (χ1v) is 5.66. The summed E-state index contributed by atoms with van der Waals surface area (Å²) < 4.78 is 10.00. The minimum absolute atomic E-state index is 0.0233. The monoisotopic (exact) mass is 231 g/mol. The van der Waals surface area contributed by atoms with E-state index in [0.29, 0.717) is 32.7 Å². The summed E-state index contributed by atoms with van der Waals surface area (Å²) in [6.45, 7) is 8.60. The Hall–Kier alpha value is -0.610. The highest BCUT2D eigenvalue weighted by molar-refractivity contribution is 5.76. The Morgan fingerprint density at radius 3 is 1.81 bits per heavy atom. The first-order valence-electron chi connectivity index (χ1n) is 5.66. The van der Waals surface area contributed by atoms with Crippen LogP contribution in [-0.2, 0) is 14.3 Å². The second kappa shape index (κ2) is 7.63. The van der Waals surface area contributed by atoms with Crippen molar-refractivity contribution in [3.8, 4) is 0 Å². The van der Waals surface area contributed by atoms with Gasteiger partial charge in [0.25, 0.3) is 0 Å². The summed E-state index contributed by atoms with van der Waals surface area (Å²) in [5.74, 6) is 0.168. The van der Waals surface area contributed by atoms with Crippen molar-refractivity contribution in [3.05, 3.63) is 0 Å². The van der Waals surface area contributed by atoms with Gasteiger partial charge in [0.1, 0.15) is 0 Å². The molecule has 0 aliphatic carbocycles. The van der Waals surface area contributed by atoms with E-state index in [1.54, 1.807) is 19.1 Å². The minimum Gasteiger partial charge on any atom is -0.383 e. The van der Waals surface area contributed by atoms with Gasteiger partial charge < -0.3 is 14.4 Å². The number of rotatable bonds is 7. The van der Waals surface area contributed by atoms with Crippen LogP contribution in [0.3, 0.4) is 0 Å². The van der Waals surface area contributed by atoms with Crippen LogP contribution < -0.4 is 0 Å². The molecule has 0 heterocycles. The fraction of sp³-hybridized carbons (Fsp3) is 0.917. The maximum absolute atomic E-state index is 12.0. The predicted molar refractivity (Wildman–Crippen MR) is 64.4 cm³/mol. The average Bonchev–Trinajstić information content (AvgIpc) is 2.15. The lowest BCUT2D eigenvalue weighted by Gasteiger charge is -2.26. The van der Waals surface area contributed by atoms with Gasteiger partial charge in [0.15, 0.2) is 0 Å². The minimum atomic E-state index is 0.0233. The molecule has 0 spiro atoms. The summed E-state index contributed by atoms with van der Waals surface area (Å²) in [7, 11) is 3.28. The van der Waals surface area contributed by atoms with Gasteiger partial charge in [0.2, 0.25) is 5.91 Å². The van der Waals surface area contributed by atoms with Crippen molar-refractivity contribution < 1.29 is 14.3 Å². The molecule has 1 amide bonds. The Morgan fingerprint density at radius 1 is 1.06 bits per heavy atom. The normalized spacial score (nSPS) is 11.6. The van der Waals surface area contributed by atoms with E-state index >= 15 is 0 Å². The van der Waals surface area contributed by atoms with E-state index in [2.05, 4.69) is 20.8 Å². The van der Waals surface area contributed by atoms with Crippen LogP contribution in [0.1, 0.15) is 27.2 Å². The third-order valence-corrected chi connectivity index (χ3v) is 2.16. The Labute approximate surface area is 98.9 Å². The molecule has 0 aliphatic rings. The highest BCUT2D eigenvalue weighted by atomic mass is 16.5. The molecule has 96 valence electrons. The van der Waals surface area contributed by atoms with Gasteiger partial charge in [-0.25, -0.2) is 0 Å². The first kappa shape index (κ1) is 15.4. The summed E-state index contributed by atoms with van der Waals surface area (Å²) in [5.41, 5.74) is 0.0233. The topological polar surface area (TPSA) is 38.8 Å². The molecular formula is C12H25NO3. The maximum Gasteiger partial charge on any atom is 0.223 e. The smallest absolute Gasteiger partial charge is 0.223 e. The van der Waals surface area contributed by atoms with Crippen LogP contribution in [-0.4, -0.2) is 51.3 Å². The zero-order valence-corrected chi connectivity index (χ0v) is 11.2. The number of carbonyl (C=O) groups excluding carboxylic acids is 1. The van der Waals surface area contributed by atoms with Crippen molar-refractivity contribution in [2.24, 2.45) is 5.41 Å². The van der Waals surface area contributed by atoms with Gasteiger partial charge in [-0.1, -0.05) is 20.8 Å². The zero-order valence-electron chi connectivity index (χ0n) is 11.2. The third kappa shape index (κ3) is 7.65. The number of amides is 1. The average molecular weight is 231 g/mol. The van der Waals surface area contributed by atoms with Gasteiger partial charge in [-0.2, -0.15) is 0 Å². The van der Waals surface area contributed by atoms with E-state index in [-0.39, 0.29) is 11.3 Å². The van der Waals surface area contributed by atoms with E-state index < -0.39 is 0 Å². The molecule has 0 rings (SSSR count). The summed E-state index contributed by atoms with van der Waals surface area (Å²) in [6.07, 6.45) is 0.556. The van der Waals surface area contributed by atoms with Gasteiger partial charge in [-0.15, -0.1) is 0 Å². The lowest BCUT2D eigenvalue weighted by molar-refractivity contribution is -0.134. The highest BCUT2D eigenvalue weighted by Crippen LogP contribution is 2.19. The van der Waals surface area contributed by atoms with Gasteiger partial charge in [-0.3, -0.25) is 4.79 Å². The van der Waals surface area contributed by atoms with Crippen LogP contribution in [0.15, 0.2) is 0 Å². The van der Waals surface area contributed by atoms with Crippen molar-refractivity contribution in [1.29, 1.82) is 0 Å². The van der Waals surface area contributed by atoms with Crippen molar-refractivity contribution in [2.75, 3.05) is 40.5 Å². The Kier molecular flexibility index (Phi) is 7.34. The quantitative estimate of drug-likeness (QED) is 0.667. The lowest BCUT2D eigenvalue weighted by Crippen LogP contribution is -2.38. The molecular weight excluding hydrogens is 206 g/mol. The molecule has 0 atom stereocenters. The first-order chi connectivity index (χ1) is 7.40. The van der Waals surface area contributed by atoms with E-state index in [4.69, 9.17) is 9.47 Å². The third-order valence-electron chi connectivity index (χ3n) is 2.16. The van der Waals surface area contributed by atoms with Gasteiger partial charge >= 0.3 is 0 Å². The molecule has 0 aromatic carbocycles. The van der Waals surface area contributed by atoms with Crippen LogP contribution in [0.2, 0.25) is 0 Å². The van der Waals surface area contributed by atoms with Gasteiger partial charge in [-0.05, 0) is 5.41 Å². The van der Waals surface area contributed by atoms with Crippen LogP contribution in [0, 0.1) is 5.41 Å². The molecule has 0 saturated carbocycles. The lowest BCUT2D eigenvalue weighted by atomic mass is 9.91. The molecule has 0 fully saturated rings. The summed E-state index contributed by atoms with van der Waals surface area (Å²) in [6, 6.07) is 0. The van der Waals surface area contributed by atoms with Gasteiger partial charge in [0, 0.05) is 33.7 Å². The summed E-state index contributed by atoms with van der Waals surface area (Å²) >= 11 is 0. The van der Waals surface area contributed by atoms with Crippen molar-refractivity contribution >= 4 is 5.91 Å². The maximum atomic E-state index is 12.0. The van der Waals surface area contributed by atoms with E-state index in [9.17, 15) is 4.79 Å². The zero-order chi connectivity index (χ0) is 12.6. The molecule has 0 aliphatic heterocycles. The molecule has 0 radical (unpaired) electrons. The number of carbonyl (C=O) groups is 1. The molecule has 4 heteroatoms. The van der Waals surface area contributed by atoms with Crippen LogP contribution >= 0.6 is 0 Å². The summed E-state index contributed by atoms with van der Waals surface area (Å²) in [4.78, 5) is 13.8. The predicted octanol–water partition coefficient (Wildman–Crippen LogP) is 1.54. The number of hydrogen-bond acceptors (Lipinski definition) is 3. The molecule has 16 heavy (non-hydrogen) atoms. The number of hydrogen-bond donors (Lipinski definition) is 0. The van der Waals surface area contributed by atoms with Crippen molar-refractivity contribution in [2.45, 2.75) is 27.2 Å².